The minimum Gasteiger partial charge on any atom is -0.326 e. The third-order valence-corrected chi connectivity index (χ3v) is 6.32. The molecule has 1 saturated carbocycles. The SMILES string of the molecule is CCn1c(SCC(=O)Nc2ccc(NC(=O)C3CC3)cc2)nnc1-c1cccs1. The van der Waals surface area contributed by atoms with Gasteiger partial charge in [0.15, 0.2) is 11.0 Å². The summed E-state index contributed by atoms with van der Waals surface area (Å²) in [7, 11) is 0. The lowest BCUT2D eigenvalue weighted by Gasteiger charge is -2.08. The topological polar surface area (TPSA) is 88.9 Å². The third kappa shape index (κ3) is 4.86. The highest BCUT2D eigenvalue weighted by Gasteiger charge is 2.29. The molecular formula is C20H21N5O2S2. The molecule has 7 nitrogen and oxygen atoms in total. The Morgan fingerprint density at radius 3 is 2.48 bits per heavy atom. The number of carbonyl (C=O) groups is 2. The fraction of sp³-hybridized carbons (Fsp3) is 0.300. The van der Waals surface area contributed by atoms with Gasteiger partial charge in [-0.1, -0.05) is 17.8 Å². The highest BCUT2D eigenvalue weighted by Crippen LogP contribution is 2.30. The molecule has 1 fully saturated rings. The first kappa shape index (κ1) is 19.7. The van der Waals surface area contributed by atoms with Gasteiger partial charge in [0.25, 0.3) is 0 Å². The lowest BCUT2D eigenvalue weighted by atomic mass is 10.2. The molecule has 0 saturated heterocycles. The van der Waals surface area contributed by atoms with Gasteiger partial charge in [-0.05, 0) is 55.5 Å². The summed E-state index contributed by atoms with van der Waals surface area (Å²) >= 11 is 2.98. The van der Waals surface area contributed by atoms with E-state index in [1.54, 1.807) is 35.6 Å². The number of carbonyl (C=O) groups excluding carboxylic acids is 2. The van der Waals surface area contributed by atoms with Gasteiger partial charge in [0.05, 0.1) is 10.6 Å². The van der Waals surface area contributed by atoms with Gasteiger partial charge in [-0.25, -0.2) is 0 Å². The Balaban J connectivity index is 1.31. The van der Waals surface area contributed by atoms with E-state index >= 15 is 0 Å². The second-order valence-corrected chi connectivity index (χ2v) is 8.60. The predicted molar refractivity (Wildman–Crippen MR) is 116 cm³/mol. The molecule has 0 atom stereocenters. The molecule has 0 unspecified atom stereocenters. The Bertz CT molecular complexity index is 995. The van der Waals surface area contributed by atoms with E-state index < -0.39 is 0 Å². The molecule has 2 aromatic heterocycles. The Labute approximate surface area is 176 Å². The Morgan fingerprint density at radius 2 is 1.86 bits per heavy atom. The van der Waals surface area contributed by atoms with E-state index in [4.69, 9.17) is 0 Å². The smallest absolute Gasteiger partial charge is 0.234 e. The first-order valence-corrected chi connectivity index (χ1v) is 11.3. The maximum Gasteiger partial charge on any atom is 0.234 e. The number of nitrogens with one attached hydrogen (secondary N) is 2. The second kappa shape index (κ2) is 8.79. The summed E-state index contributed by atoms with van der Waals surface area (Å²) in [6.07, 6.45) is 1.94. The zero-order valence-electron chi connectivity index (χ0n) is 15.9. The Morgan fingerprint density at radius 1 is 1.14 bits per heavy atom. The maximum atomic E-state index is 12.3. The van der Waals surface area contributed by atoms with E-state index in [1.165, 1.54) is 11.8 Å². The van der Waals surface area contributed by atoms with Crippen molar-refractivity contribution in [2.45, 2.75) is 31.5 Å². The molecule has 9 heteroatoms. The van der Waals surface area contributed by atoms with Crippen molar-refractivity contribution in [2.75, 3.05) is 16.4 Å². The van der Waals surface area contributed by atoms with Crippen LogP contribution in [0, 0.1) is 5.92 Å². The molecule has 1 aliphatic carbocycles. The number of hydrogen-bond acceptors (Lipinski definition) is 6. The van der Waals surface area contributed by atoms with Crippen LogP contribution < -0.4 is 10.6 Å². The van der Waals surface area contributed by atoms with Crippen LogP contribution in [0.5, 0.6) is 0 Å². The third-order valence-electron chi connectivity index (χ3n) is 4.49. The van der Waals surface area contributed by atoms with Crippen LogP contribution in [-0.2, 0) is 16.1 Å². The number of aromatic nitrogens is 3. The largest absolute Gasteiger partial charge is 0.326 e. The number of thioether (sulfide) groups is 1. The van der Waals surface area contributed by atoms with E-state index in [2.05, 4.69) is 20.8 Å². The molecule has 29 heavy (non-hydrogen) atoms. The van der Waals surface area contributed by atoms with Gasteiger partial charge in [0, 0.05) is 23.8 Å². The summed E-state index contributed by atoms with van der Waals surface area (Å²) in [5, 5.41) is 17.0. The molecule has 0 aliphatic heterocycles. The lowest BCUT2D eigenvalue weighted by molar-refractivity contribution is -0.117. The van der Waals surface area contributed by atoms with Crippen molar-refractivity contribution < 1.29 is 9.59 Å². The molecule has 2 heterocycles. The molecule has 0 spiro atoms. The highest BCUT2D eigenvalue weighted by atomic mass is 32.2. The monoisotopic (exact) mass is 427 g/mol. The fourth-order valence-corrected chi connectivity index (χ4v) is 4.34. The van der Waals surface area contributed by atoms with Crippen LogP contribution in [0.25, 0.3) is 10.7 Å². The molecule has 2 N–H and O–H groups in total. The van der Waals surface area contributed by atoms with Gasteiger partial charge >= 0.3 is 0 Å². The number of benzene rings is 1. The molecule has 0 radical (unpaired) electrons. The summed E-state index contributed by atoms with van der Waals surface area (Å²) in [5.41, 5.74) is 1.43. The average Bonchev–Trinajstić information content (AvgIpc) is 3.28. The van der Waals surface area contributed by atoms with Gasteiger partial charge in [0.2, 0.25) is 11.8 Å². The Hall–Kier alpha value is -2.65. The molecule has 4 rings (SSSR count). The molecular weight excluding hydrogens is 406 g/mol. The van der Waals surface area contributed by atoms with E-state index in [-0.39, 0.29) is 23.5 Å². The maximum absolute atomic E-state index is 12.3. The zero-order valence-corrected chi connectivity index (χ0v) is 17.6. The van der Waals surface area contributed by atoms with Crippen molar-refractivity contribution in [2.24, 2.45) is 5.92 Å². The van der Waals surface area contributed by atoms with Crippen LogP contribution in [0.3, 0.4) is 0 Å². The molecule has 1 aliphatic rings. The van der Waals surface area contributed by atoms with Crippen LogP contribution in [-0.4, -0.2) is 32.3 Å². The normalized spacial score (nSPS) is 13.3. The summed E-state index contributed by atoms with van der Waals surface area (Å²) in [5.74, 6) is 1.18. The van der Waals surface area contributed by atoms with Crippen molar-refractivity contribution in [3.63, 3.8) is 0 Å². The molecule has 1 aromatic carbocycles. The van der Waals surface area contributed by atoms with E-state index in [1.807, 2.05) is 29.0 Å². The number of nitrogens with zero attached hydrogens (tertiary/aromatic N) is 3. The second-order valence-electron chi connectivity index (χ2n) is 6.71. The standard InChI is InChI=1S/C20H21N5O2S2/c1-2-25-18(16-4-3-11-28-16)23-24-20(25)29-12-17(26)21-14-7-9-15(10-8-14)22-19(27)13-5-6-13/h3-4,7-11,13H,2,5-6,12H2,1H3,(H,21,26)(H,22,27). The van der Waals surface area contributed by atoms with Gasteiger partial charge in [-0.15, -0.1) is 21.5 Å². The van der Waals surface area contributed by atoms with Crippen molar-refractivity contribution >= 4 is 46.3 Å². The summed E-state index contributed by atoms with van der Waals surface area (Å²) in [4.78, 5) is 25.2. The number of rotatable bonds is 8. The van der Waals surface area contributed by atoms with Crippen molar-refractivity contribution in [1.82, 2.24) is 14.8 Å². The van der Waals surface area contributed by atoms with Crippen molar-refractivity contribution in [1.29, 1.82) is 0 Å². The number of amides is 2. The van der Waals surface area contributed by atoms with Gasteiger partial charge < -0.3 is 15.2 Å². The van der Waals surface area contributed by atoms with Gasteiger partial charge in [0.1, 0.15) is 0 Å². The van der Waals surface area contributed by atoms with Gasteiger partial charge in [-0.2, -0.15) is 0 Å². The first-order valence-electron chi connectivity index (χ1n) is 9.44. The zero-order chi connectivity index (χ0) is 20.2. The summed E-state index contributed by atoms with van der Waals surface area (Å²) in [6, 6.07) is 11.2. The first-order chi connectivity index (χ1) is 14.1. The van der Waals surface area contributed by atoms with Crippen LogP contribution >= 0.6 is 23.1 Å². The number of thiophene rings is 1. The van der Waals surface area contributed by atoms with Gasteiger partial charge in [-0.3, -0.25) is 9.59 Å². The molecule has 3 aromatic rings. The van der Waals surface area contributed by atoms with Crippen LogP contribution in [0.4, 0.5) is 11.4 Å². The summed E-state index contributed by atoms with van der Waals surface area (Å²) < 4.78 is 2.02. The van der Waals surface area contributed by atoms with E-state index in [0.717, 1.165) is 40.9 Å². The lowest BCUT2D eigenvalue weighted by Crippen LogP contribution is -2.15. The quantitative estimate of drug-likeness (QED) is 0.528. The number of anilines is 2. The minimum atomic E-state index is -0.118. The fourth-order valence-electron chi connectivity index (χ4n) is 2.82. The molecule has 150 valence electrons. The van der Waals surface area contributed by atoms with Crippen LogP contribution in [0.2, 0.25) is 0 Å². The molecule has 2 amide bonds. The van der Waals surface area contributed by atoms with E-state index in [9.17, 15) is 9.59 Å². The van der Waals surface area contributed by atoms with Crippen molar-refractivity contribution in [3.05, 3.63) is 41.8 Å². The molecule has 0 bridgehead atoms. The highest BCUT2D eigenvalue weighted by molar-refractivity contribution is 7.99. The van der Waals surface area contributed by atoms with E-state index in [0.29, 0.717) is 5.69 Å². The predicted octanol–water partition coefficient (Wildman–Crippen LogP) is 4.11. The number of hydrogen-bond donors (Lipinski definition) is 2. The minimum absolute atomic E-state index is 0.0696. The van der Waals surface area contributed by atoms with Crippen LogP contribution in [0.1, 0.15) is 19.8 Å². The average molecular weight is 428 g/mol. The Kier molecular flexibility index (Phi) is 5.96. The van der Waals surface area contributed by atoms with Crippen molar-refractivity contribution in [3.8, 4) is 10.7 Å². The van der Waals surface area contributed by atoms with Crippen LogP contribution in [0.15, 0.2) is 46.9 Å². The summed E-state index contributed by atoms with van der Waals surface area (Å²) in [6.45, 7) is 2.77.